The van der Waals surface area contributed by atoms with Gasteiger partial charge < -0.3 is 13.7 Å². The quantitative estimate of drug-likeness (QED) is 0.737. The molecule has 1 heterocycles. The zero-order valence-corrected chi connectivity index (χ0v) is 16.8. The summed E-state index contributed by atoms with van der Waals surface area (Å²) in [6, 6.07) is 7.23. The molecule has 142 valence electrons. The molecule has 26 heavy (non-hydrogen) atoms. The van der Waals surface area contributed by atoms with Crippen LogP contribution in [0.15, 0.2) is 33.9 Å². The Labute approximate surface area is 157 Å². The number of carbonyl (C=O) groups is 2. The Morgan fingerprint density at radius 2 is 1.69 bits per heavy atom. The lowest BCUT2D eigenvalue weighted by Crippen LogP contribution is -2.53. The van der Waals surface area contributed by atoms with E-state index in [1.54, 1.807) is 12.1 Å². The van der Waals surface area contributed by atoms with Crippen LogP contribution in [0.3, 0.4) is 0 Å². The number of para-hydroxylation sites is 2. The standard InChI is InChI=1S/C19H25NO5S/c1-17(2,3)19(11-14(21)22,18(4,5)6)15(23)25-26-16-20-12-9-7-8-10-13(12)24-16/h7-10H,11H2,1-6H3,(H,21,22). The molecule has 1 aromatic heterocycles. The molecule has 6 nitrogen and oxygen atoms in total. The molecule has 1 N–H and O–H groups in total. The summed E-state index contributed by atoms with van der Waals surface area (Å²) in [5.74, 6) is -1.63. The number of benzene rings is 1. The number of aromatic nitrogens is 1. The summed E-state index contributed by atoms with van der Waals surface area (Å²) >= 11 is 0.720. The van der Waals surface area contributed by atoms with Crippen molar-refractivity contribution in [1.29, 1.82) is 0 Å². The third-order valence-corrected chi connectivity index (χ3v) is 5.34. The molecular formula is C19H25NO5S. The van der Waals surface area contributed by atoms with Crippen molar-refractivity contribution < 1.29 is 23.3 Å². The fourth-order valence-corrected chi connectivity index (χ4v) is 4.15. The zero-order valence-electron chi connectivity index (χ0n) is 16.0. The Morgan fingerprint density at radius 1 is 1.12 bits per heavy atom. The van der Waals surface area contributed by atoms with Crippen LogP contribution in [-0.2, 0) is 13.8 Å². The van der Waals surface area contributed by atoms with Crippen molar-refractivity contribution in [3.63, 3.8) is 0 Å². The lowest BCUT2D eigenvalue weighted by molar-refractivity contribution is -0.172. The van der Waals surface area contributed by atoms with Crippen LogP contribution in [0.1, 0.15) is 48.0 Å². The first-order valence-electron chi connectivity index (χ1n) is 8.35. The monoisotopic (exact) mass is 379 g/mol. The van der Waals surface area contributed by atoms with Crippen molar-refractivity contribution in [2.24, 2.45) is 16.2 Å². The van der Waals surface area contributed by atoms with E-state index < -0.39 is 28.2 Å². The number of oxazole rings is 1. The molecule has 0 aliphatic rings. The number of carbonyl (C=O) groups excluding carboxylic acids is 1. The average Bonchev–Trinajstić information content (AvgIpc) is 2.90. The summed E-state index contributed by atoms with van der Waals surface area (Å²) in [6.07, 6.45) is -0.326. The molecule has 0 atom stereocenters. The van der Waals surface area contributed by atoms with E-state index in [2.05, 4.69) is 4.98 Å². The molecule has 0 saturated carbocycles. The van der Waals surface area contributed by atoms with Gasteiger partial charge in [0.25, 0.3) is 5.22 Å². The first kappa shape index (κ1) is 20.3. The van der Waals surface area contributed by atoms with Gasteiger partial charge in [-0.2, -0.15) is 0 Å². The lowest BCUT2D eigenvalue weighted by Gasteiger charge is -2.50. The molecule has 2 aromatic rings. The number of rotatable bonds is 5. The molecule has 2 rings (SSSR count). The van der Waals surface area contributed by atoms with Crippen molar-refractivity contribution in [3.05, 3.63) is 24.3 Å². The van der Waals surface area contributed by atoms with Gasteiger partial charge >= 0.3 is 11.9 Å². The predicted molar refractivity (Wildman–Crippen MR) is 99.6 cm³/mol. The van der Waals surface area contributed by atoms with E-state index >= 15 is 0 Å². The van der Waals surface area contributed by atoms with Gasteiger partial charge in [0.1, 0.15) is 5.52 Å². The highest BCUT2D eigenvalue weighted by Gasteiger charge is 2.59. The molecule has 0 bridgehead atoms. The average molecular weight is 379 g/mol. The first-order chi connectivity index (χ1) is 11.9. The van der Waals surface area contributed by atoms with Gasteiger partial charge in [-0.15, -0.1) is 0 Å². The lowest BCUT2D eigenvalue weighted by atomic mass is 9.52. The maximum Gasteiger partial charge on any atom is 0.326 e. The Morgan fingerprint density at radius 3 is 2.19 bits per heavy atom. The van der Waals surface area contributed by atoms with Crippen LogP contribution in [0.25, 0.3) is 11.1 Å². The number of nitrogens with zero attached hydrogens (tertiary/aromatic N) is 1. The summed E-state index contributed by atoms with van der Waals surface area (Å²) in [6.45, 7) is 11.1. The Balaban J connectivity index is 2.32. The van der Waals surface area contributed by atoms with Gasteiger partial charge in [0.2, 0.25) is 0 Å². The van der Waals surface area contributed by atoms with E-state index in [4.69, 9.17) is 8.60 Å². The molecule has 0 aliphatic heterocycles. The normalized spacial score (nSPS) is 13.0. The zero-order chi connectivity index (χ0) is 19.8. The highest BCUT2D eigenvalue weighted by atomic mass is 32.2. The van der Waals surface area contributed by atoms with E-state index in [1.807, 2.05) is 53.7 Å². The van der Waals surface area contributed by atoms with Gasteiger partial charge in [0, 0.05) is 0 Å². The van der Waals surface area contributed by atoms with Gasteiger partial charge in [-0.25, -0.2) is 4.98 Å². The molecule has 0 aliphatic carbocycles. The van der Waals surface area contributed by atoms with Crippen molar-refractivity contribution >= 4 is 35.1 Å². The molecule has 0 unspecified atom stereocenters. The summed E-state index contributed by atoms with van der Waals surface area (Å²) in [5.41, 5.74) is -1.25. The van der Waals surface area contributed by atoms with Gasteiger partial charge in [-0.3, -0.25) is 9.59 Å². The minimum atomic E-state index is -1.23. The topological polar surface area (TPSA) is 89.6 Å². The third kappa shape index (κ3) is 3.72. The van der Waals surface area contributed by atoms with E-state index in [9.17, 15) is 14.7 Å². The SMILES string of the molecule is CC(C)(C)C(CC(=O)O)(C(=O)OSc1nc2ccccc2o1)C(C)(C)C. The molecule has 7 heteroatoms. The van der Waals surface area contributed by atoms with Crippen LogP contribution in [0.2, 0.25) is 0 Å². The molecule has 0 spiro atoms. The Bertz CT molecular complexity index is 766. The number of carboxylic acids is 1. The van der Waals surface area contributed by atoms with Crippen LogP contribution < -0.4 is 0 Å². The molecule has 0 amide bonds. The number of fused-ring (bicyclic) bond motifs is 1. The number of aliphatic carboxylic acids is 1. The number of hydrogen-bond donors (Lipinski definition) is 1. The molecular weight excluding hydrogens is 354 g/mol. The van der Waals surface area contributed by atoms with Gasteiger partial charge in [0.15, 0.2) is 17.6 Å². The largest absolute Gasteiger partial charge is 0.481 e. The van der Waals surface area contributed by atoms with E-state index in [0.717, 1.165) is 12.0 Å². The van der Waals surface area contributed by atoms with E-state index in [0.29, 0.717) is 11.1 Å². The van der Waals surface area contributed by atoms with E-state index in [-0.39, 0.29) is 11.6 Å². The minimum absolute atomic E-state index is 0.201. The Hall–Kier alpha value is -2.02. The molecule has 0 saturated heterocycles. The van der Waals surface area contributed by atoms with Crippen molar-refractivity contribution in [1.82, 2.24) is 4.98 Å². The first-order valence-corrected chi connectivity index (χ1v) is 9.09. The predicted octanol–water partition coefficient (Wildman–Crippen LogP) is 4.93. The molecule has 0 radical (unpaired) electrons. The highest BCUT2D eigenvalue weighted by Crippen LogP contribution is 2.55. The summed E-state index contributed by atoms with van der Waals surface area (Å²) in [5, 5.41) is 9.66. The van der Waals surface area contributed by atoms with Gasteiger partial charge in [-0.1, -0.05) is 53.7 Å². The molecule has 0 fully saturated rings. The maximum absolute atomic E-state index is 13.1. The summed E-state index contributed by atoms with van der Waals surface area (Å²) in [7, 11) is 0. The van der Waals surface area contributed by atoms with Crippen molar-refractivity contribution in [2.45, 2.75) is 53.2 Å². The number of carboxylic acid groups (broad SMARTS) is 1. The van der Waals surface area contributed by atoms with Gasteiger partial charge in [0.05, 0.1) is 11.8 Å². The molecule has 1 aromatic carbocycles. The Kier molecular flexibility index (Phi) is 5.42. The van der Waals surface area contributed by atoms with Crippen LogP contribution >= 0.6 is 12.0 Å². The second-order valence-electron chi connectivity index (χ2n) is 8.38. The van der Waals surface area contributed by atoms with E-state index in [1.165, 1.54) is 0 Å². The summed E-state index contributed by atoms with van der Waals surface area (Å²) < 4.78 is 11.0. The van der Waals surface area contributed by atoms with Crippen molar-refractivity contribution in [3.8, 4) is 0 Å². The number of hydrogen-bond acceptors (Lipinski definition) is 6. The minimum Gasteiger partial charge on any atom is -0.481 e. The van der Waals surface area contributed by atoms with Crippen LogP contribution in [-0.4, -0.2) is 22.0 Å². The smallest absolute Gasteiger partial charge is 0.326 e. The second-order valence-corrected chi connectivity index (χ2v) is 9.06. The van der Waals surface area contributed by atoms with Crippen LogP contribution in [0.4, 0.5) is 0 Å². The fraction of sp³-hybridized carbons (Fsp3) is 0.526. The van der Waals surface area contributed by atoms with Crippen LogP contribution in [0, 0.1) is 16.2 Å². The third-order valence-electron chi connectivity index (χ3n) is 4.79. The van der Waals surface area contributed by atoms with Gasteiger partial charge in [-0.05, 0) is 23.0 Å². The fourth-order valence-electron chi connectivity index (χ4n) is 3.60. The maximum atomic E-state index is 13.1. The highest BCUT2D eigenvalue weighted by molar-refractivity contribution is 7.94. The summed E-state index contributed by atoms with van der Waals surface area (Å²) in [4.78, 5) is 28.9. The second kappa shape index (κ2) is 6.95. The van der Waals surface area contributed by atoms with Crippen molar-refractivity contribution in [2.75, 3.05) is 0 Å². The van der Waals surface area contributed by atoms with Crippen LogP contribution in [0.5, 0.6) is 0 Å².